The first-order valence-corrected chi connectivity index (χ1v) is 12.0. The standard InChI is InChI=1S/C26H24BrFN4O/c1-15-20-5-3-2-4-16(20)10-11-32(15)26(33)24-14-19(30-25(31-24)17-6-7-17)13-23(29)21-9-8-18(27)12-22(21)28/h2-5,8-9,12,14-15,17,29H,6-7,10-11,13H2,1H3/t15-/m1/s1. The molecule has 1 fully saturated rings. The van der Waals surface area contributed by atoms with Crippen LogP contribution in [0.5, 0.6) is 0 Å². The number of carbonyl (C=O) groups is 1. The quantitative estimate of drug-likeness (QED) is 0.456. The van der Waals surface area contributed by atoms with Crippen molar-refractivity contribution in [3.8, 4) is 0 Å². The summed E-state index contributed by atoms with van der Waals surface area (Å²) < 4.78 is 15.0. The molecule has 1 aliphatic heterocycles. The average molecular weight is 507 g/mol. The van der Waals surface area contributed by atoms with Gasteiger partial charge in [-0.05, 0) is 61.6 Å². The summed E-state index contributed by atoms with van der Waals surface area (Å²) in [4.78, 5) is 24.7. The fraction of sp³-hybridized carbons (Fsp3) is 0.308. The second kappa shape index (κ2) is 8.78. The average Bonchev–Trinajstić information content (AvgIpc) is 3.64. The number of halogens is 2. The first kappa shape index (κ1) is 21.9. The SMILES string of the molecule is C[C@@H]1c2ccccc2CCN1C(=O)c1cc(CC(=N)c2ccc(Br)cc2F)nc(C2CC2)n1. The predicted molar refractivity (Wildman–Crippen MR) is 128 cm³/mol. The van der Waals surface area contributed by atoms with Crippen molar-refractivity contribution in [3.63, 3.8) is 0 Å². The number of benzene rings is 2. The Balaban J connectivity index is 1.44. The van der Waals surface area contributed by atoms with Gasteiger partial charge < -0.3 is 10.3 Å². The summed E-state index contributed by atoms with van der Waals surface area (Å²) in [6.45, 7) is 2.68. The molecule has 1 aliphatic carbocycles. The van der Waals surface area contributed by atoms with Crippen LogP contribution in [0.1, 0.15) is 70.4 Å². The van der Waals surface area contributed by atoms with Crippen molar-refractivity contribution < 1.29 is 9.18 Å². The van der Waals surface area contributed by atoms with Gasteiger partial charge in [0.05, 0.1) is 11.7 Å². The molecule has 0 unspecified atom stereocenters. The summed E-state index contributed by atoms with van der Waals surface area (Å²) >= 11 is 3.25. The molecular formula is C26H24BrFN4O. The number of nitrogens with zero attached hydrogens (tertiary/aromatic N) is 3. The molecule has 168 valence electrons. The third-order valence-electron chi connectivity index (χ3n) is 6.43. The lowest BCUT2D eigenvalue weighted by Gasteiger charge is -2.35. The monoisotopic (exact) mass is 506 g/mol. The minimum Gasteiger partial charge on any atom is -0.330 e. The van der Waals surface area contributed by atoms with Gasteiger partial charge in [-0.1, -0.05) is 40.2 Å². The van der Waals surface area contributed by atoms with E-state index in [0.29, 0.717) is 28.2 Å². The topological polar surface area (TPSA) is 69.9 Å². The molecule has 2 aromatic carbocycles. The van der Waals surface area contributed by atoms with Gasteiger partial charge in [0.15, 0.2) is 0 Å². The van der Waals surface area contributed by atoms with Crippen LogP contribution in [0, 0.1) is 11.2 Å². The fourth-order valence-electron chi connectivity index (χ4n) is 4.45. The van der Waals surface area contributed by atoms with Gasteiger partial charge in [-0.25, -0.2) is 14.4 Å². The first-order valence-electron chi connectivity index (χ1n) is 11.2. The maximum absolute atomic E-state index is 14.4. The Bertz CT molecular complexity index is 1260. The number of hydrogen-bond acceptors (Lipinski definition) is 4. The van der Waals surface area contributed by atoms with Crippen molar-refractivity contribution in [2.45, 2.75) is 44.6 Å². The van der Waals surface area contributed by atoms with Crippen LogP contribution in [-0.2, 0) is 12.8 Å². The highest BCUT2D eigenvalue weighted by Crippen LogP contribution is 2.38. The molecule has 3 aromatic rings. The summed E-state index contributed by atoms with van der Waals surface area (Å²) in [5.74, 6) is 0.339. The molecule has 1 atom stereocenters. The minimum absolute atomic E-state index is 0.0413. The van der Waals surface area contributed by atoms with Gasteiger partial charge in [-0.3, -0.25) is 4.79 Å². The van der Waals surface area contributed by atoms with E-state index >= 15 is 0 Å². The predicted octanol–water partition coefficient (Wildman–Crippen LogP) is 5.63. The smallest absolute Gasteiger partial charge is 0.273 e. The van der Waals surface area contributed by atoms with E-state index in [2.05, 4.69) is 38.0 Å². The van der Waals surface area contributed by atoms with Crippen LogP contribution in [-0.4, -0.2) is 33.0 Å². The summed E-state index contributed by atoms with van der Waals surface area (Å²) in [5.41, 5.74) is 3.74. The summed E-state index contributed by atoms with van der Waals surface area (Å²) in [7, 11) is 0. The van der Waals surface area contributed by atoms with Crippen molar-refractivity contribution >= 4 is 27.5 Å². The Kier molecular flexibility index (Phi) is 5.83. The van der Waals surface area contributed by atoms with Crippen LogP contribution in [0.15, 0.2) is 53.0 Å². The van der Waals surface area contributed by atoms with Gasteiger partial charge in [0, 0.05) is 34.6 Å². The van der Waals surface area contributed by atoms with E-state index in [1.165, 1.54) is 17.2 Å². The number of aromatic nitrogens is 2. The Morgan fingerprint density at radius 2 is 1.97 bits per heavy atom. The molecule has 7 heteroatoms. The summed E-state index contributed by atoms with van der Waals surface area (Å²) in [6, 6.07) is 14.5. The maximum Gasteiger partial charge on any atom is 0.273 e. The zero-order valence-electron chi connectivity index (χ0n) is 18.3. The highest BCUT2D eigenvalue weighted by Gasteiger charge is 2.32. The number of fused-ring (bicyclic) bond motifs is 1. The van der Waals surface area contributed by atoms with Crippen molar-refractivity contribution in [2.24, 2.45) is 0 Å². The van der Waals surface area contributed by atoms with Gasteiger partial charge in [-0.2, -0.15) is 0 Å². The molecule has 1 saturated carbocycles. The van der Waals surface area contributed by atoms with E-state index in [0.717, 1.165) is 19.3 Å². The fourth-order valence-corrected chi connectivity index (χ4v) is 4.78. The summed E-state index contributed by atoms with van der Waals surface area (Å²) in [6.07, 6.45) is 2.96. The molecule has 2 heterocycles. The van der Waals surface area contributed by atoms with E-state index in [-0.39, 0.29) is 35.6 Å². The lowest BCUT2D eigenvalue weighted by Crippen LogP contribution is -2.39. The largest absolute Gasteiger partial charge is 0.330 e. The van der Waals surface area contributed by atoms with E-state index in [4.69, 9.17) is 5.41 Å². The number of nitrogens with one attached hydrogen (secondary N) is 1. The van der Waals surface area contributed by atoms with Crippen LogP contribution in [0.3, 0.4) is 0 Å². The maximum atomic E-state index is 14.4. The van der Waals surface area contributed by atoms with Crippen LogP contribution in [0.25, 0.3) is 0 Å². The molecule has 0 saturated heterocycles. The van der Waals surface area contributed by atoms with E-state index < -0.39 is 5.82 Å². The molecule has 5 nitrogen and oxygen atoms in total. The Morgan fingerprint density at radius 3 is 2.73 bits per heavy atom. The van der Waals surface area contributed by atoms with Gasteiger partial charge in [0.25, 0.3) is 5.91 Å². The second-order valence-electron chi connectivity index (χ2n) is 8.78. The van der Waals surface area contributed by atoms with Crippen LogP contribution >= 0.6 is 15.9 Å². The molecule has 0 bridgehead atoms. The zero-order valence-corrected chi connectivity index (χ0v) is 19.9. The molecule has 5 rings (SSSR count). The lowest BCUT2D eigenvalue weighted by atomic mass is 9.93. The van der Waals surface area contributed by atoms with Gasteiger partial charge in [-0.15, -0.1) is 0 Å². The molecule has 1 N–H and O–H groups in total. The zero-order chi connectivity index (χ0) is 23.1. The van der Waals surface area contributed by atoms with Crippen LogP contribution in [0.2, 0.25) is 0 Å². The van der Waals surface area contributed by atoms with Crippen molar-refractivity contribution in [1.82, 2.24) is 14.9 Å². The Morgan fingerprint density at radius 1 is 1.18 bits per heavy atom. The first-order chi connectivity index (χ1) is 15.9. The number of hydrogen-bond donors (Lipinski definition) is 1. The number of amides is 1. The Labute approximate surface area is 200 Å². The lowest BCUT2D eigenvalue weighted by molar-refractivity contribution is 0.0671. The second-order valence-corrected chi connectivity index (χ2v) is 9.70. The molecule has 0 radical (unpaired) electrons. The third-order valence-corrected chi connectivity index (χ3v) is 6.92. The number of rotatable bonds is 5. The van der Waals surface area contributed by atoms with Crippen molar-refractivity contribution in [1.29, 1.82) is 5.41 Å². The molecule has 1 amide bonds. The molecule has 33 heavy (non-hydrogen) atoms. The normalized spacial score (nSPS) is 17.5. The van der Waals surface area contributed by atoms with Crippen molar-refractivity contribution in [2.75, 3.05) is 6.54 Å². The summed E-state index contributed by atoms with van der Waals surface area (Å²) in [5, 5.41) is 8.45. The minimum atomic E-state index is -0.456. The molecule has 1 aromatic heterocycles. The molecule has 2 aliphatic rings. The van der Waals surface area contributed by atoms with Crippen LogP contribution < -0.4 is 0 Å². The highest BCUT2D eigenvalue weighted by molar-refractivity contribution is 9.10. The van der Waals surface area contributed by atoms with Crippen molar-refractivity contribution in [3.05, 3.63) is 92.7 Å². The van der Waals surface area contributed by atoms with Gasteiger partial charge in [0.1, 0.15) is 17.3 Å². The Hall–Kier alpha value is -2.93. The number of carbonyl (C=O) groups excluding carboxylic acids is 1. The van der Waals surface area contributed by atoms with E-state index in [1.54, 1.807) is 18.2 Å². The van der Waals surface area contributed by atoms with Gasteiger partial charge in [0.2, 0.25) is 0 Å². The van der Waals surface area contributed by atoms with Crippen LogP contribution in [0.4, 0.5) is 4.39 Å². The molecular weight excluding hydrogens is 483 g/mol. The van der Waals surface area contributed by atoms with E-state index in [9.17, 15) is 9.18 Å². The third kappa shape index (κ3) is 4.47. The molecule has 0 spiro atoms. The van der Waals surface area contributed by atoms with Gasteiger partial charge >= 0.3 is 0 Å². The highest BCUT2D eigenvalue weighted by atomic mass is 79.9. The van der Waals surface area contributed by atoms with E-state index in [1.807, 2.05) is 24.0 Å².